The van der Waals surface area contributed by atoms with Gasteiger partial charge in [-0.15, -0.1) is 10.2 Å². The molecule has 9 aromatic rings. The maximum Gasteiger partial charge on any atom is 0.106 e. The van der Waals surface area contributed by atoms with Gasteiger partial charge in [0, 0.05) is 33.0 Å². The summed E-state index contributed by atoms with van der Waals surface area (Å²) in [5, 5.41) is 16.6. The Bertz CT molecular complexity index is 3120. The van der Waals surface area contributed by atoms with Crippen LogP contribution in [0.1, 0.15) is 5.56 Å². The second-order valence-electron chi connectivity index (χ2n) is 14.2. The molecule has 2 heterocycles. The summed E-state index contributed by atoms with van der Waals surface area (Å²) in [5.74, 6) is 0. The van der Waals surface area contributed by atoms with Crippen molar-refractivity contribution in [3.8, 4) is 89.3 Å². The largest absolute Gasteiger partial charge is 0.247 e. The molecule has 1 aromatic heterocycles. The Morgan fingerprint density at radius 3 is 1.52 bits per heavy atom. The Morgan fingerprint density at radius 1 is 0.304 bits per heavy atom. The van der Waals surface area contributed by atoms with E-state index in [1.54, 1.807) is 0 Å². The van der Waals surface area contributed by atoms with E-state index in [1.807, 2.05) is 6.07 Å². The van der Waals surface area contributed by atoms with Crippen molar-refractivity contribution in [2.24, 2.45) is 4.99 Å². The fraction of sp³-hybridized carbons (Fsp3) is 0. The Morgan fingerprint density at radius 2 is 0.804 bits per heavy atom. The first-order chi connectivity index (χ1) is 27.8. The van der Waals surface area contributed by atoms with Gasteiger partial charge in [0.2, 0.25) is 0 Å². The van der Waals surface area contributed by atoms with Gasteiger partial charge in [-0.3, -0.25) is 0 Å². The standard InChI is InChI=1S/C52H32N4/c1-4-16-33(17-5-1)36-22-10-11-23-38(36)39-24-12-13-26-43(39)49-50(35-20-8-3-9-21-35)54-56-55-52(49)48-37(34-18-6-2-7-19-34)28-29-40-41-30-31-44-42-25-14-15-27-47(42)53-51(44)46(41)32-45(40)48/h1-32H. The normalized spacial score (nSPS) is 11.9. The summed E-state index contributed by atoms with van der Waals surface area (Å²) in [7, 11) is 0. The predicted octanol–water partition coefficient (Wildman–Crippen LogP) is 11.6. The fourth-order valence-electron chi connectivity index (χ4n) is 8.58. The van der Waals surface area contributed by atoms with Crippen molar-refractivity contribution < 1.29 is 0 Å². The minimum absolute atomic E-state index is 0.777. The van der Waals surface area contributed by atoms with E-state index in [0.717, 1.165) is 100.0 Å². The van der Waals surface area contributed by atoms with Crippen molar-refractivity contribution in [3.63, 3.8) is 0 Å². The lowest BCUT2D eigenvalue weighted by Crippen LogP contribution is -2.25. The molecule has 0 unspecified atom stereocenters. The van der Waals surface area contributed by atoms with Gasteiger partial charge in [-0.25, -0.2) is 4.99 Å². The predicted molar refractivity (Wildman–Crippen MR) is 227 cm³/mol. The second-order valence-corrected chi connectivity index (χ2v) is 14.2. The zero-order chi connectivity index (χ0) is 37.0. The molecule has 1 aliphatic heterocycles. The number of para-hydroxylation sites is 1. The van der Waals surface area contributed by atoms with E-state index < -0.39 is 0 Å². The van der Waals surface area contributed by atoms with E-state index in [2.05, 4.69) is 193 Å². The fourth-order valence-corrected chi connectivity index (χ4v) is 8.58. The molecule has 11 rings (SSSR count). The van der Waals surface area contributed by atoms with Crippen LogP contribution in [-0.4, -0.2) is 15.4 Å². The summed E-state index contributed by atoms with van der Waals surface area (Å²) in [6.45, 7) is 0. The van der Waals surface area contributed by atoms with Crippen LogP contribution in [0.4, 0.5) is 5.69 Å². The molecule has 56 heavy (non-hydrogen) atoms. The highest BCUT2D eigenvalue weighted by atomic mass is 15.3. The summed E-state index contributed by atoms with van der Waals surface area (Å²) in [4.78, 5) is 5.18. The van der Waals surface area contributed by atoms with Crippen LogP contribution in [0, 0.1) is 0 Å². The molecule has 2 aliphatic rings. The van der Waals surface area contributed by atoms with Crippen LogP contribution in [0.15, 0.2) is 193 Å². The molecule has 0 saturated carbocycles. The van der Waals surface area contributed by atoms with Crippen molar-refractivity contribution in [1.82, 2.24) is 15.4 Å². The molecule has 0 fully saturated rings. The van der Waals surface area contributed by atoms with Crippen LogP contribution in [-0.2, 0) is 0 Å². The zero-order valence-electron chi connectivity index (χ0n) is 30.3. The zero-order valence-corrected chi connectivity index (χ0v) is 30.3. The van der Waals surface area contributed by atoms with E-state index in [1.165, 1.54) is 11.1 Å². The highest BCUT2D eigenvalue weighted by Gasteiger charge is 2.29. The Hall–Kier alpha value is -7.56. The number of hydrogen-bond donors (Lipinski definition) is 0. The molecular weight excluding hydrogens is 681 g/mol. The number of fused-ring (bicyclic) bond motifs is 7. The van der Waals surface area contributed by atoms with Crippen molar-refractivity contribution >= 4 is 11.8 Å². The molecular formula is C52H32N4. The Labute approximate surface area is 324 Å². The number of benzene rings is 8. The van der Waals surface area contributed by atoms with Crippen molar-refractivity contribution in [2.45, 2.75) is 0 Å². The monoisotopic (exact) mass is 712 g/mol. The van der Waals surface area contributed by atoms with Gasteiger partial charge in [0.25, 0.3) is 0 Å². The van der Waals surface area contributed by atoms with Gasteiger partial charge in [-0.1, -0.05) is 182 Å². The molecule has 8 aromatic carbocycles. The van der Waals surface area contributed by atoms with Crippen LogP contribution < -0.4 is 10.6 Å². The van der Waals surface area contributed by atoms with Gasteiger partial charge in [0.05, 0.1) is 11.0 Å². The maximum atomic E-state index is 5.18. The summed E-state index contributed by atoms with van der Waals surface area (Å²) in [5.41, 5.74) is 19.0. The van der Waals surface area contributed by atoms with Gasteiger partial charge in [-0.05, 0) is 73.0 Å². The van der Waals surface area contributed by atoms with Gasteiger partial charge in [0.1, 0.15) is 11.4 Å². The smallest absolute Gasteiger partial charge is 0.106 e. The molecule has 4 nitrogen and oxygen atoms in total. The van der Waals surface area contributed by atoms with Crippen LogP contribution in [0.25, 0.3) is 95.4 Å². The first-order valence-electron chi connectivity index (χ1n) is 18.9. The van der Waals surface area contributed by atoms with Gasteiger partial charge >= 0.3 is 0 Å². The summed E-state index contributed by atoms with van der Waals surface area (Å²) in [6, 6.07) is 66.2. The number of aromatic nitrogens is 3. The van der Waals surface area contributed by atoms with Crippen LogP contribution >= 0.6 is 0 Å². The topological polar surface area (TPSA) is 51.0 Å². The maximum absolute atomic E-state index is 5.18. The summed E-state index contributed by atoms with van der Waals surface area (Å²) in [6.07, 6.45) is 2.32. The highest BCUT2D eigenvalue weighted by Crippen LogP contribution is 2.49. The molecule has 0 bridgehead atoms. The SMILES string of the molecule is C1=c2c(ccc3c2=Nc2ccccc2-3)-c2ccc(-c3ccccc3)c(-c3nnnc(-c4ccccc4)c3-c3ccccc3-c3ccccc3-c3ccccc3)c21. The number of nitrogens with zero attached hydrogens (tertiary/aromatic N) is 4. The van der Waals surface area contributed by atoms with Crippen LogP contribution in [0.2, 0.25) is 0 Å². The number of hydrogen-bond acceptors (Lipinski definition) is 4. The summed E-state index contributed by atoms with van der Waals surface area (Å²) >= 11 is 0. The quantitative estimate of drug-likeness (QED) is 0.172. The van der Waals surface area contributed by atoms with E-state index in [-0.39, 0.29) is 0 Å². The average Bonchev–Trinajstić information content (AvgIpc) is 3.86. The minimum Gasteiger partial charge on any atom is -0.247 e. The molecule has 0 spiro atoms. The Kier molecular flexibility index (Phi) is 7.46. The third kappa shape index (κ3) is 5.08. The Balaban J connectivity index is 1.24. The van der Waals surface area contributed by atoms with Gasteiger partial charge < -0.3 is 0 Å². The van der Waals surface area contributed by atoms with Crippen LogP contribution in [0.5, 0.6) is 0 Å². The lowest BCUT2D eigenvalue weighted by molar-refractivity contribution is 0.879. The van der Waals surface area contributed by atoms with Crippen molar-refractivity contribution in [1.29, 1.82) is 0 Å². The first kappa shape index (κ1) is 31.9. The summed E-state index contributed by atoms with van der Waals surface area (Å²) < 4.78 is 0. The van der Waals surface area contributed by atoms with Gasteiger partial charge in [-0.2, -0.15) is 0 Å². The molecule has 260 valence electrons. The third-order valence-corrected chi connectivity index (χ3v) is 11.1. The van der Waals surface area contributed by atoms with E-state index >= 15 is 0 Å². The van der Waals surface area contributed by atoms with Crippen molar-refractivity contribution in [2.75, 3.05) is 0 Å². The molecule has 4 heteroatoms. The van der Waals surface area contributed by atoms with E-state index in [9.17, 15) is 0 Å². The highest BCUT2D eigenvalue weighted by molar-refractivity contribution is 6.05. The molecule has 1 aliphatic carbocycles. The van der Waals surface area contributed by atoms with Crippen LogP contribution in [0.3, 0.4) is 0 Å². The van der Waals surface area contributed by atoms with Crippen molar-refractivity contribution in [3.05, 3.63) is 204 Å². The lowest BCUT2D eigenvalue weighted by atomic mass is 9.83. The lowest BCUT2D eigenvalue weighted by Gasteiger charge is -2.21. The molecule has 0 radical (unpaired) electrons. The third-order valence-electron chi connectivity index (χ3n) is 11.1. The second kappa shape index (κ2) is 13.1. The first-order valence-corrected chi connectivity index (χ1v) is 18.9. The van der Waals surface area contributed by atoms with E-state index in [0.29, 0.717) is 0 Å². The number of rotatable bonds is 6. The molecule has 0 N–H and O–H groups in total. The minimum atomic E-state index is 0.777. The molecule has 0 saturated heterocycles. The van der Waals surface area contributed by atoms with E-state index in [4.69, 9.17) is 15.2 Å². The molecule has 0 atom stereocenters. The average molecular weight is 713 g/mol. The van der Waals surface area contributed by atoms with Gasteiger partial charge in [0.15, 0.2) is 0 Å². The molecule has 0 amide bonds.